The summed E-state index contributed by atoms with van der Waals surface area (Å²) in [4.78, 5) is 27.7. The third-order valence-electron chi connectivity index (χ3n) is 5.79. The lowest BCUT2D eigenvalue weighted by molar-refractivity contribution is -0.117. The molecule has 182 valence electrons. The largest absolute Gasteiger partial charge is 0.495 e. The molecule has 36 heavy (non-hydrogen) atoms. The molecular weight excluding hydrogens is 496 g/mol. The van der Waals surface area contributed by atoms with E-state index in [1.807, 2.05) is 48.7 Å². The quantitative estimate of drug-likeness (QED) is 0.302. The molecule has 4 aromatic rings. The number of thiophene rings is 1. The number of ether oxygens (including phenoxy) is 1. The average molecular weight is 519 g/mol. The lowest BCUT2D eigenvalue weighted by Gasteiger charge is -2.20. The average Bonchev–Trinajstić information content (AvgIpc) is 3.63. The van der Waals surface area contributed by atoms with Crippen LogP contribution in [0.1, 0.15) is 18.4 Å². The van der Waals surface area contributed by atoms with Crippen LogP contribution in [0.25, 0.3) is 22.3 Å². The van der Waals surface area contributed by atoms with Crippen LogP contribution in [0.3, 0.4) is 0 Å². The molecule has 3 heterocycles. The van der Waals surface area contributed by atoms with Gasteiger partial charge in [-0.3, -0.25) is 9.59 Å². The highest BCUT2D eigenvalue weighted by Gasteiger charge is 2.25. The minimum Gasteiger partial charge on any atom is -0.495 e. The van der Waals surface area contributed by atoms with Gasteiger partial charge < -0.3 is 15.0 Å². The minimum absolute atomic E-state index is 0.0494. The molecule has 0 aliphatic carbocycles. The molecular formula is C27H23ClN4O3S. The molecule has 1 fully saturated rings. The highest BCUT2D eigenvalue weighted by atomic mass is 35.5. The molecule has 0 bridgehead atoms. The summed E-state index contributed by atoms with van der Waals surface area (Å²) >= 11 is 7.59. The van der Waals surface area contributed by atoms with Gasteiger partial charge in [0, 0.05) is 36.5 Å². The van der Waals surface area contributed by atoms with Crippen LogP contribution in [-0.2, 0) is 9.59 Å². The van der Waals surface area contributed by atoms with Crippen LogP contribution in [0.4, 0.5) is 11.4 Å². The van der Waals surface area contributed by atoms with E-state index in [2.05, 4.69) is 5.32 Å². The van der Waals surface area contributed by atoms with Crippen molar-refractivity contribution in [2.75, 3.05) is 23.9 Å². The Morgan fingerprint density at radius 2 is 2.00 bits per heavy atom. The van der Waals surface area contributed by atoms with Gasteiger partial charge in [-0.2, -0.15) is 5.10 Å². The lowest BCUT2D eigenvalue weighted by Crippen LogP contribution is -2.24. The van der Waals surface area contributed by atoms with E-state index in [0.29, 0.717) is 34.4 Å². The highest BCUT2D eigenvalue weighted by Crippen LogP contribution is 2.35. The molecule has 0 spiro atoms. The van der Waals surface area contributed by atoms with Crippen LogP contribution in [-0.4, -0.2) is 35.2 Å². The first-order chi connectivity index (χ1) is 17.5. The summed E-state index contributed by atoms with van der Waals surface area (Å²) < 4.78 is 7.88. The molecule has 0 atom stereocenters. The Labute approximate surface area is 217 Å². The standard InChI is InChI=1S/C27H23ClN4O3S/c1-35-22-11-10-19(16-21(22)31-15-5-8-26(31)34)29-25(33)14-9-18-17-32(20-6-3-2-4-7-20)30-27(18)23-12-13-24(28)36-23/h2-4,6-7,9-14,16-17H,5,8,15H2,1H3,(H,29,33)/b14-9+. The molecule has 2 amide bonds. The van der Waals surface area contributed by atoms with Crippen LogP contribution in [0.5, 0.6) is 5.75 Å². The van der Waals surface area contributed by atoms with E-state index in [1.54, 1.807) is 41.0 Å². The number of hydrogen-bond donors (Lipinski definition) is 1. The molecule has 9 heteroatoms. The van der Waals surface area contributed by atoms with Crippen molar-refractivity contribution in [3.8, 4) is 22.0 Å². The maximum atomic E-state index is 12.8. The van der Waals surface area contributed by atoms with E-state index in [4.69, 9.17) is 21.4 Å². The van der Waals surface area contributed by atoms with Gasteiger partial charge >= 0.3 is 0 Å². The van der Waals surface area contributed by atoms with E-state index < -0.39 is 0 Å². The number of amides is 2. The summed E-state index contributed by atoms with van der Waals surface area (Å²) in [6.45, 7) is 0.632. The number of nitrogens with one attached hydrogen (secondary N) is 1. The van der Waals surface area contributed by atoms with Gasteiger partial charge in [0.2, 0.25) is 11.8 Å². The van der Waals surface area contributed by atoms with Gasteiger partial charge in [0.25, 0.3) is 0 Å². The van der Waals surface area contributed by atoms with Gasteiger partial charge in [0.15, 0.2) is 0 Å². The number of carbonyl (C=O) groups excluding carboxylic acids is 2. The molecule has 1 aliphatic rings. The Kier molecular flexibility index (Phi) is 6.88. The number of halogens is 1. The first kappa shape index (κ1) is 23.8. The van der Waals surface area contributed by atoms with Gasteiger partial charge in [-0.05, 0) is 55.0 Å². The summed E-state index contributed by atoms with van der Waals surface area (Å²) in [6, 6.07) is 18.8. The molecule has 1 saturated heterocycles. The molecule has 0 saturated carbocycles. The Balaban J connectivity index is 1.39. The fourth-order valence-electron chi connectivity index (χ4n) is 4.09. The fourth-order valence-corrected chi connectivity index (χ4v) is 5.14. The van der Waals surface area contributed by atoms with Crippen molar-refractivity contribution in [1.29, 1.82) is 0 Å². The predicted octanol–water partition coefficient (Wildman–Crippen LogP) is 6.04. The second-order valence-electron chi connectivity index (χ2n) is 8.18. The summed E-state index contributed by atoms with van der Waals surface area (Å²) in [5.74, 6) is 0.334. The third kappa shape index (κ3) is 5.05. The molecule has 0 unspecified atom stereocenters. The number of nitrogens with zero attached hydrogens (tertiary/aromatic N) is 3. The van der Waals surface area contributed by atoms with Crippen LogP contribution in [0.2, 0.25) is 4.34 Å². The topological polar surface area (TPSA) is 76.5 Å². The Hall–Kier alpha value is -3.88. The number of rotatable bonds is 7. The van der Waals surface area contributed by atoms with Crippen molar-refractivity contribution in [2.24, 2.45) is 0 Å². The normalized spacial score (nSPS) is 13.5. The van der Waals surface area contributed by atoms with Crippen molar-refractivity contribution >= 4 is 52.2 Å². The SMILES string of the molecule is COc1ccc(NC(=O)/C=C/c2cn(-c3ccccc3)nc2-c2ccc(Cl)s2)cc1N1CCCC1=O. The molecule has 0 radical (unpaired) electrons. The van der Waals surface area contributed by atoms with Crippen LogP contribution < -0.4 is 15.0 Å². The first-order valence-corrected chi connectivity index (χ1v) is 12.6. The molecule has 5 rings (SSSR count). The van der Waals surface area contributed by atoms with Gasteiger partial charge in [0.05, 0.1) is 27.7 Å². The Morgan fingerprint density at radius 1 is 1.17 bits per heavy atom. The number of aromatic nitrogens is 2. The van der Waals surface area contributed by atoms with Crippen molar-refractivity contribution in [3.05, 3.63) is 82.8 Å². The van der Waals surface area contributed by atoms with Crippen molar-refractivity contribution in [1.82, 2.24) is 9.78 Å². The number of anilines is 2. The monoisotopic (exact) mass is 518 g/mol. The Bertz CT molecular complexity index is 1440. The zero-order valence-corrected chi connectivity index (χ0v) is 21.1. The van der Waals surface area contributed by atoms with E-state index in [1.165, 1.54) is 17.4 Å². The summed E-state index contributed by atoms with van der Waals surface area (Å²) in [6.07, 6.45) is 6.40. The van der Waals surface area contributed by atoms with Gasteiger partial charge in [-0.15, -0.1) is 11.3 Å². The Morgan fingerprint density at radius 3 is 2.69 bits per heavy atom. The van der Waals surface area contributed by atoms with Gasteiger partial charge in [-0.1, -0.05) is 29.8 Å². The van der Waals surface area contributed by atoms with Crippen molar-refractivity contribution in [2.45, 2.75) is 12.8 Å². The van der Waals surface area contributed by atoms with Crippen LogP contribution in [0, 0.1) is 0 Å². The number of para-hydroxylation sites is 1. The van der Waals surface area contributed by atoms with E-state index in [-0.39, 0.29) is 11.8 Å². The second-order valence-corrected chi connectivity index (χ2v) is 9.89. The van der Waals surface area contributed by atoms with Gasteiger partial charge in [-0.25, -0.2) is 4.68 Å². The molecule has 7 nitrogen and oxygen atoms in total. The number of hydrogen-bond acceptors (Lipinski definition) is 5. The summed E-state index contributed by atoms with van der Waals surface area (Å²) in [7, 11) is 1.56. The van der Waals surface area contributed by atoms with E-state index in [9.17, 15) is 9.59 Å². The van der Waals surface area contributed by atoms with Crippen LogP contribution >= 0.6 is 22.9 Å². The highest BCUT2D eigenvalue weighted by molar-refractivity contribution is 7.19. The van der Waals surface area contributed by atoms with Crippen molar-refractivity contribution in [3.63, 3.8) is 0 Å². The zero-order chi connectivity index (χ0) is 25.1. The maximum absolute atomic E-state index is 12.8. The molecule has 1 aliphatic heterocycles. The maximum Gasteiger partial charge on any atom is 0.248 e. The number of carbonyl (C=O) groups is 2. The summed E-state index contributed by atoms with van der Waals surface area (Å²) in [5, 5.41) is 7.62. The fraction of sp³-hybridized carbons (Fsp3) is 0.148. The van der Waals surface area contributed by atoms with Crippen LogP contribution in [0.15, 0.2) is 72.9 Å². The zero-order valence-electron chi connectivity index (χ0n) is 19.5. The first-order valence-electron chi connectivity index (χ1n) is 11.4. The lowest BCUT2D eigenvalue weighted by atomic mass is 10.2. The van der Waals surface area contributed by atoms with Gasteiger partial charge in [0.1, 0.15) is 11.4 Å². The minimum atomic E-state index is -0.304. The van der Waals surface area contributed by atoms with E-state index in [0.717, 1.165) is 28.2 Å². The van der Waals surface area contributed by atoms with Crippen molar-refractivity contribution < 1.29 is 14.3 Å². The second kappa shape index (κ2) is 10.4. The van der Waals surface area contributed by atoms with E-state index >= 15 is 0 Å². The summed E-state index contributed by atoms with van der Waals surface area (Å²) in [5.41, 5.74) is 3.66. The molecule has 2 aromatic heterocycles. The number of benzene rings is 2. The predicted molar refractivity (Wildman–Crippen MR) is 144 cm³/mol. The third-order valence-corrected chi connectivity index (χ3v) is 7.03. The molecule has 1 N–H and O–H groups in total. The molecule has 2 aromatic carbocycles. The number of methoxy groups -OCH3 is 1. The smallest absolute Gasteiger partial charge is 0.248 e.